The van der Waals surface area contributed by atoms with E-state index < -0.39 is 11.8 Å². The van der Waals surface area contributed by atoms with Crippen LogP contribution in [-0.4, -0.2) is 65.4 Å². The Bertz CT molecular complexity index is 1000. The number of piperidine rings is 1. The fourth-order valence-corrected chi connectivity index (χ4v) is 5.39. The molecule has 8 nitrogen and oxygen atoms in total. The van der Waals surface area contributed by atoms with E-state index in [1.54, 1.807) is 11.0 Å². The van der Waals surface area contributed by atoms with Crippen LogP contribution in [0.5, 0.6) is 0 Å². The van der Waals surface area contributed by atoms with Crippen molar-refractivity contribution in [2.45, 2.75) is 70.9 Å². The van der Waals surface area contributed by atoms with Gasteiger partial charge in [0.1, 0.15) is 18.2 Å². The zero-order valence-corrected chi connectivity index (χ0v) is 21.3. The number of anilines is 2. The zero-order chi connectivity index (χ0) is 24.9. The fourth-order valence-electron chi connectivity index (χ4n) is 5.39. The second kappa shape index (κ2) is 11.2. The van der Waals surface area contributed by atoms with E-state index in [2.05, 4.69) is 41.3 Å². The number of aromatic nitrogens is 1. The van der Waals surface area contributed by atoms with Crippen LogP contribution >= 0.6 is 0 Å². The first-order valence-corrected chi connectivity index (χ1v) is 13.0. The summed E-state index contributed by atoms with van der Waals surface area (Å²) in [6.07, 6.45) is 12.5. The van der Waals surface area contributed by atoms with Crippen LogP contribution in [0.4, 0.5) is 11.5 Å². The molecule has 4 rings (SSSR count). The third-order valence-corrected chi connectivity index (χ3v) is 7.56. The number of nitrogens with zero attached hydrogens (tertiary/aromatic N) is 3. The maximum absolute atomic E-state index is 13.3. The van der Waals surface area contributed by atoms with Crippen molar-refractivity contribution in [3.05, 3.63) is 41.3 Å². The van der Waals surface area contributed by atoms with Crippen LogP contribution in [0.25, 0.3) is 0 Å². The van der Waals surface area contributed by atoms with Crippen LogP contribution in [-0.2, 0) is 20.7 Å². The molecule has 8 heteroatoms. The SMILES string of the molecule is CCc1cc(NC(=O)C(=O)N2CC(C)CC[C@@H]2C2=CC(OC[C@@H]3CCCN3C)=CCC2)cnc1N. The number of hydrogen-bond acceptors (Lipinski definition) is 6. The first-order valence-electron chi connectivity index (χ1n) is 13.0. The maximum Gasteiger partial charge on any atom is 0.313 e. The number of nitrogen functional groups attached to an aromatic ring is 1. The summed E-state index contributed by atoms with van der Waals surface area (Å²) < 4.78 is 6.18. The number of ether oxygens (including phenoxy) is 1. The van der Waals surface area contributed by atoms with E-state index in [0.29, 0.717) is 43.0 Å². The monoisotopic (exact) mass is 481 g/mol. The Hall–Kier alpha value is -2.87. The number of nitrogens with one attached hydrogen (secondary N) is 1. The molecule has 190 valence electrons. The molecule has 3 N–H and O–H groups in total. The number of nitrogens with two attached hydrogens (primary N) is 1. The molecule has 2 amide bonds. The lowest BCUT2D eigenvalue weighted by Gasteiger charge is -2.40. The standard InChI is InChI=1S/C27H39N5O3/c1-4-19-13-21(15-29-25(19)28)30-26(33)27(34)32-16-18(2)10-11-24(32)20-7-5-9-23(14-20)35-17-22-8-6-12-31(22)3/h9,13-15,18,22,24H,4-8,10-12,16-17H2,1-3H3,(H2,28,29)(H,30,33)/t18?,22-,24+/m0/s1. The predicted octanol–water partition coefficient (Wildman–Crippen LogP) is 3.51. The van der Waals surface area contributed by atoms with Gasteiger partial charge >= 0.3 is 11.8 Å². The first-order chi connectivity index (χ1) is 16.9. The number of carbonyl (C=O) groups excluding carboxylic acids is 2. The molecule has 35 heavy (non-hydrogen) atoms. The van der Waals surface area contributed by atoms with Crippen LogP contribution in [0.15, 0.2) is 35.7 Å². The van der Waals surface area contributed by atoms with Crippen molar-refractivity contribution in [1.82, 2.24) is 14.8 Å². The molecule has 1 aromatic rings. The molecule has 0 spiro atoms. The van der Waals surface area contributed by atoms with Crippen LogP contribution in [0, 0.1) is 5.92 Å². The molecule has 3 aliphatic rings. The fraction of sp³-hybridized carbons (Fsp3) is 0.593. The number of hydrogen-bond donors (Lipinski definition) is 2. The number of pyridine rings is 1. The van der Waals surface area contributed by atoms with Crippen LogP contribution < -0.4 is 11.1 Å². The molecular formula is C27H39N5O3. The topological polar surface area (TPSA) is 101 Å². The second-order valence-corrected chi connectivity index (χ2v) is 10.2. The van der Waals surface area contributed by atoms with Gasteiger partial charge in [-0.1, -0.05) is 13.8 Å². The maximum atomic E-state index is 13.3. The van der Waals surface area contributed by atoms with Gasteiger partial charge in [0.15, 0.2) is 0 Å². The minimum Gasteiger partial charge on any atom is -0.492 e. The first kappa shape index (κ1) is 25.2. The summed E-state index contributed by atoms with van der Waals surface area (Å²) in [6, 6.07) is 2.16. The quantitative estimate of drug-likeness (QED) is 0.603. The molecule has 1 aromatic heterocycles. The van der Waals surface area contributed by atoms with Crippen molar-refractivity contribution in [3.8, 4) is 0 Å². The van der Waals surface area contributed by atoms with Crippen molar-refractivity contribution < 1.29 is 14.3 Å². The Morgan fingerprint density at radius 3 is 2.86 bits per heavy atom. The molecule has 3 atom stereocenters. The third kappa shape index (κ3) is 6.04. The molecule has 0 bridgehead atoms. The number of allylic oxidation sites excluding steroid dienone is 2. The molecule has 2 aliphatic heterocycles. The molecule has 1 unspecified atom stereocenters. The number of rotatable bonds is 6. The van der Waals surface area contributed by atoms with Crippen molar-refractivity contribution in [3.63, 3.8) is 0 Å². The van der Waals surface area contributed by atoms with Gasteiger partial charge in [0, 0.05) is 12.6 Å². The average Bonchev–Trinajstić information content (AvgIpc) is 3.28. The summed E-state index contributed by atoms with van der Waals surface area (Å²) in [7, 11) is 2.15. The number of likely N-dealkylation sites (N-methyl/N-ethyl adjacent to an activating group) is 1. The summed E-state index contributed by atoms with van der Waals surface area (Å²) >= 11 is 0. The summed E-state index contributed by atoms with van der Waals surface area (Å²) in [5.41, 5.74) is 8.39. The second-order valence-electron chi connectivity index (χ2n) is 10.2. The normalized spacial score (nSPS) is 25.1. The summed E-state index contributed by atoms with van der Waals surface area (Å²) in [4.78, 5) is 34.5. The summed E-state index contributed by atoms with van der Waals surface area (Å²) in [5, 5.41) is 2.74. The minimum absolute atomic E-state index is 0.0818. The van der Waals surface area contributed by atoms with Crippen LogP contribution in [0.2, 0.25) is 0 Å². The highest BCUT2D eigenvalue weighted by molar-refractivity contribution is 6.39. The number of aryl methyl sites for hydroxylation is 1. The predicted molar refractivity (Wildman–Crippen MR) is 138 cm³/mol. The Morgan fingerprint density at radius 1 is 1.29 bits per heavy atom. The average molecular weight is 482 g/mol. The highest BCUT2D eigenvalue weighted by Gasteiger charge is 2.35. The van der Waals surface area contributed by atoms with Gasteiger partial charge in [0.2, 0.25) is 0 Å². The van der Waals surface area contributed by atoms with Crippen molar-refractivity contribution in [2.24, 2.45) is 5.92 Å². The number of carbonyl (C=O) groups is 2. The zero-order valence-electron chi connectivity index (χ0n) is 21.3. The third-order valence-electron chi connectivity index (χ3n) is 7.56. The molecule has 0 aromatic carbocycles. The van der Waals surface area contributed by atoms with Gasteiger partial charge < -0.3 is 25.6 Å². The number of amides is 2. The molecule has 0 saturated carbocycles. The van der Waals surface area contributed by atoms with Gasteiger partial charge in [-0.15, -0.1) is 0 Å². The van der Waals surface area contributed by atoms with Gasteiger partial charge in [-0.3, -0.25) is 9.59 Å². The largest absolute Gasteiger partial charge is 0.492 e. The van der Waals surface area contributed by atoms with Gasteiger partial charge in [-0.2, -0.15) is 0 Å². The lowest BCUT2D eigenvalue weighted by Crippen LogP contribution is -2.51. The lowest BCUT2D eigenvalue weighted by molar-refractivity contribution is -0.145. The Labute approximate surface area is 208 Å². The Morgan fingerprint density at radius 2 is 2.11 bits per heavy atom. The molecule has 2 saturated heterocycles. The van der Waals surface area contributed by atoms with E-state index in [1.807, 2.05) is 6.92 Å². The van der Waals surface area contributed by atoms with Crippen LogP contribution in [0.1, 0.15) is 57.9 Å². The minimum atomic E-state index is -0.634. The van der Waals surface area contributed by atoms with Gasteiger partial charge in [0.25, 0.3) is 0 Å². The molecule has 0 radical (unpaired) electrons. The van der Waals surface area contributed by atoms with E-state index >= 15 is 0 Å². The lowest BCUT2D eigenvalue weighted by atomic mass is 9.86. The van der Waals surface area contributed by atoms with Crippen molar-refractivity contribution >= 4 is 23.3 Å². The van der Waals surface area contributed by atoms with Crippen molar-refractivity contribution in [1.29, 1.82) is 0 Å². The van der Waals surface area contributed by atoms with Gasteiger partial charge in [-0.25, -0.2) is 4.98 Å². The van der Waals surface area contributed by atoms with E-state index in [0.717, 1.165) is 43.6 Å². The Kier molecular flexibility index (Phi) is 8.11. The summed E-state index contributed by atoms with van der Waals surface area (Å²) in [5.74, 6) is 0.548. The Balaban J connectivity index is 1.44. The highest BCUT2D eigenvalue weighted by atomic mass is 16.5. The molecule has 1 aliphatic carbocycles. The number of likely N-dealkylation sites (tertiary alicyclic amines) is 2. The highest BCUT2D eigenvalue weighted by Crippen LogP contribution is 2.32. The van der Waals surface area contributed by atoms with Gasteiger partial charge in [0.05, 0.1) is 17.9 Å². The van der Waals surface area contributed by atoms with E-state index in [1.165, 1.54) is 24.6 Å². The molecule has 2 fully saturated rings. The summed E-state index contributed by atoms with van der Waals surface area (Å²) in [6.45, 7) is 6.49. The van der Waals surface area contributed by atoms with Crippen LogP contribution in [0.3, 0.4) is 0 Å². The van der Waals surface area contributed by atoms with E-state index in [4.69, 9.17) is 10.5 Å². The van der Waals surface area contributed by atoms with Crippen molar-refractivity contribution in [2.75, 3.05) is 37.8 Å². The van der Waals surface area contributed by atoms with E-state index in [9.17, 15) is 9.59 Å². The smallest absolute Gasteiger partial charge is 0.313 e. The molecule has 3 heterocycles. The van der Waals surface area contributed by atoms with Gasteiger partial charge in [-0.05, 0) is 93.8 Å². The van der Waals surface area contributed by atoms with E-state index in [-0.39, 0.29) is 6.04 Å². The molecular weight excluding hydrogens is 442 g/mol.